The Balaban J connectivity index is 2.47. The van der Waals surface area contributed by atoms with Crippen molar-refractivity contribution in [3.8, 4) is 0 Å². The smallest absolute Gasteiger partial charge is 0.341 e. The van der Waals surface area contributed by atoms with Crippen molar-refractivity contribution in [2.75, 3.05) is 6.61 Å². The van der Waals surface area contributed by atoms with Crippen LogP contribution in [0.4, 0.5) is 0 Å². The van der Waals surface area contributed by atoms with Crippen molar-refractivity contribution < 1.29 is 14.3 Å². The van der Waals surface area contributed by atoms with Gasteiger partial charge in [-0.2, -0.15) is 0 Å². The highest BCUT2D eigenvalue weighted by atomic mass is 35.5. The second kappa shape index (κ2) is 6.96. The van der Waals surface area contributed by atoms with Gasteiger partial charge in [0, 0.05) is 12.2 Å². The molecule has 0 aliphatic carbocycles. The normalized spacial score (nSPS) is 11.7. The molecule has 1 amide bonds. The van der Waals surface area contributed by atoms with Crippen LogP contribution in [0.15, 0.2) is 18.3 Å². The highest BCUT2D eigenvalue weighted by Gasteiger charge is 2.14. The van der Waals surface area contributed by atoms with Crippen molar-refractivity contribution in [1.29, 1.82) is 0 Å². The first-order chi connectivity index (χ1) is 8.54. The number of nitrogens with one attached hydrogen (secondary N) is 1. The molecule has 1 heterocycles. The van der Waals surface area contributed by atoms with Crippen LogP contribution in [0.3, 0.4) is 0 Å². The van der Waals surface area contributed by atoms with Crippen LogP contribution in [-0.4, -0.2) is 29.5 Å². The lowest BCUT2D eigenvalue weighted by atomic mass is 10.2. The van der Waals surface area contributed by atoms with Crippen LogP contribution in [-0.2, 0) is 9.53 Å². The lowest BCUT2D eigenvalue weighted by molar-refractivity contribution is -0.124. The van der Waals surface area contributed by atoms with Crippen LogP contribution in [0.25, 0.3) is 0 Å². The van der Waals surface area contributed by atoms with Gasteiger partial charge >= 0.3 is 5.97 Å². The maximum absolute atomic E-state index is 11.6. The van der Waals surface area contributed by atoms with Gasteiger partial charge in [0.2, 0.25) is 0 Å². The number of ether oxygens (including phenoxy) is 1. The third kappa shape index (κ3) is 4.33. The average Bonchev–Trinajstić information content (AvgIpc) is 2.36. The quantitative estimate of drug-likeness (QED) is 0.654. The molecule has 0 spiro atoms. The highest BCUT2D eigenvalue weighted by Crippen LogP contribution is 2.12. The molecule has 1 atom stereocenters. The Morgan fingerprint density at radius 3 is 2.89 bits per heavy atom. The van der Waals surface area contributed by atoms with Crippen molar-refractivity contribution in [3.63, 3.8) is 0 Å². The molecule has 1 rings (SSSR count). The van der Waals surface area contributed by atoms with Crippen LogP contribution in [0.5, 0.6) is 0 Å². The van der Waals surface area contributed by atoms with E-state index < -0.39 is 5.97 Å². The monoisotopic (exact) mass is 270 g/mol. The molecule has 0 fully saturated rings. The number of pyridine rings is 1. The molecule has 0 saturated carbocycles. The number of carbonyl (C=O) groups excluding carboxylic acids is 2. The topological polar surface area (TPSA) is 68.3 Å². The van der Waals surface area contributed by atoms with E-state index in [1.54, 1.807) is 6.07 Å². The molecule has 1 N–H and O–H groups in total. The third-order valence-corrected chi connectivity index (χ3v) is 2.63. The van der Waals surface area contributed by atoms with Gasteiger partial charge in [-0.15, -0.1) is 0 Å². The van der Waals surface area contributed by atoms with Crippen LogP contribution < -0.4 is 5.32 Å². The number of halogens is 1. The molecule has 0 aliphatic heterocycles. The maximum atomic E-state index is 11.6. The third-order valence-electron chi connectivity index (χ3n) is 2.33. The molecule has 0 unspecified atom stereocenters. The molecule has 0 radical (unpaired) electrons. The predicted molar refractivity (Wildman–Crippen MR) is 67.4 cm³/mol. The molecule has 1 aromatic rings. The van der Waals surface area contributed by atoms with Crippen molar-refractivity contribution >= 4 is 23.5 Å². The Hall–Kier alpha value is -1.62. The molecule has 0 aromatic carbocycles. The summed E-state index contributed by atoms with van der Waals surface area (Å²) in [6, 6.07) is 3.12. The molecule has 0 saturated heterocycles. The number of hydrogen-bond acceptors (Lipinski definition) is 4. The Bertz CT molecular complexity index is 437. The Morgan fingerprint density at radius 2 is 2.28 bits per heavy atom. The van der Waals surface area contributed by atoms with Crippen LogP contribution in [0.1, 0.15) is 30.6 Å². The van der Waals surface area contributed by atoms with Crippen LogP contribution >= 0.6 is 11.6 Å². The Kier molecular flexibility index (Phi) is 5.58. The van der Waals surface area contributed by atoms with E-state index in [1.807, 2.05) is 13.8 Å². The lowest BCUT2D eigenvalue weighted by Gasteiger charge is -2.11. The lowest BCUT2D eigenvalue weighted by Crippen LogP contribution is -2.35. The summed E-state index contributed by atoms with van der Waals surface area (Å²) in [5.41, 5.74) is 0.149. The van der Waals surface area contributed by atoms with Gasteiger partial charge in [0.25, 0.3) is 5.91 Å². The fourth-order valence-electron chi connectivity index (χ4n) is 1.17. The fraction of sp³-hybridized carbons (Fsp3) is 0.417. The number of aromatic nitrogens is 1. The van der Waals surface area contributed by atoms with Gasteiger partial charge in [-0.25, -0.2) is 9.78 Å². The van der Waals surface area contributed by atoms with Crippen molar-refractivity contribution in [2.24, 2.45) is 0 Å². The number of nitrogens with zero attached hydrogens (tertiary/aromatic N) is 1. The zero-order valence-corrected chi connectivity index (χ0v) is 11.0. The summed E-state index contributed by atoms with van der Waals surface area (Å²) < 4.78 is 4.84. The van der Waals surface area contributed by atoms with Crippen LogP contribution in [0, 0.1) is 0 Å². The maximum Gasteiger partial charge on any atom is 0.341 e. The summed E-state index contributed by atoms with van der Waals surface area (Å²) in [6.45, 7) is 3.50. The number of hydrogen-bond donors (Lipinski definition) is 1. The largest absolute Gasteiger partial charge is 0.452 e. The van der Waals surface area contributed by atoms with E-state index in [-0.39, 0.29) is 29.3 Å². The number of carbonyl (C=O) groups is 2. The molecule has 0 bridgehead atoms. The van der Waals surface area contributed by atoms with Gasteiger partial charge in [0.05, 0.1) is 5.56 Å². The zero-order valence-electron chi connectivity index (χ0n) is 10.3. The standard InChI is InChI=1S/C12H15ClN2O3/c1-3-8(2)15-10(16)7-18-12(17)9-5-4-6-14-11(9)13/h4-6,8H,3,7H2,1-2H3,(H,15,16)/t8-/m1/s1. The van der Waals surface area contributed by atoms with Crippen LogP contribution in [0.2, 0.25) is 5.15 Å². The molecule has 0 aliphatic rings. The van der Waals surface area contributed by atoms with Crippen molar-refractivity contribution in [1.82, 2.24) is 10.3 Å². The van der Waals surface area contributed by atoms with E-state index in [0.717, 1.165) is 6.42 Å². The average molecular weight is 271 g/mol. The number of amides is 1. The van der Waals surface area contributed by atoms with E-state index in [9.17, 15) is 9.59 Å². The Labute approximate surface area is 110 Å². The van der Waals surface area contributed by atoms with Gasteiger partial charge in [0.1, 0.15) is 5.15 Å². The minimum absolute atomic E-state index is 0.0539. The highest BCUT2D eigenvalue weighted by molar-refractivity contribution is 6.32. The number of esters is 1. The van der Waals surface area contributed by atoms with E-state index in [1.165, 1.54) is 12.3 Å². The summed E-state index contributed by atoms with van der Waals surface area (Å²) in [5, 5.41) is 2.75. The molecular weight excluding hydrogens is 256 g/mol. The van der Waals surface area contributed by atoms with E-state index in [2.05, 4.69) is 10.3 Å². The minimum Gasteiger partial charge on any atom is -0.452 e. The molecule has 5 nitrogen and oxygen atoms in total. The molecule has 98 valence electrons. The fourth-order valence-corrected chi connectivity index (χ4v) is 1.36. The SMILES string of the molecule is CC[C@@H](C)NC(=O)COC(=O)c1cccnc1Cl. The van der Waals surface area contributed by atoms with E-state index in [4.69, 9.17) is 16.3 Å². The molecule has 18 heavy (non-hydrogen) atoms. The summed E-state index contributed by atoms with van der Waals surface area (Å²) in [6.07, 6.45) is 2.28. The Morgan fingerprint density at radius 1 is 1.56 bits per heavy atom. The minimum atomic E-state index is -0.660. The van der Waals surface area contributed by atoms with E-state index in [0.29, 0.717) is 0 Å². The summed E-state index contributed by atoms with van der Waals surface area (Å²) in [5.74, 6) is -0.995. The van der Waals surface area contributed by atoms with Gasteiger partial charge in [-0.05, 0) is 25.5 Å². The van der Waals surface area contributed by atoms with Gasteiger partial charge in [0.15, 0.2) is 6.61 Å². The predicted octanol–water partition coefficient (Wildman–Crippen LogP) is 1.81. The number of rotatable bonds is 5. The molecular formula is C12H15ClN2O3. The summed E-state index contributed by atoms with van der Waals surface area (Å²) in [7, 11) is 0. The molecule has 1 aromatic heterocycles. The van der Waals surface area contributed by atoms with Gasteiger partial charge < -0.3 is 10.1 Å². The second-order valence-corrected chi connectivity index (χ2v) is 4.15. The zero-order chi connectivity index (χ0) is 13.5. The summed E-state index contributed by atoms with van der Waals surface area (Å²) >= 11 is 5.73. The second-order valence-electron chi connectivity index (χ2n) is 3.79. The summed E-state index contributed by atoms with van der Waals surface area (Å²) in [4.78, 5) is 26.7. The first-order valence-corrected chi connectivity index (χ1v) is 5.99. The van der Waals surface area contributed by atoms with Gasteiger partial charge in [-0.3, -0.25) is 4.79 Å². The van der Waals surface area contributed by atoms with Gasteiger partial charge in [-0.1, -0.05) is 18.5 Å². The van der Waals surface area contributed by atoms with E-state index >= 15 is 0 Å². The molecule has 6 heteroatoms. The first kappa shape index (κ1) is 14.4. The first-order valence-electron chi connectivity index (χ1n) is 5.61. The van der Waals surface area contributed by atoms with Crippen molar-refractivity contribution in [3.05, 3.63) is 29.0 Å². The van der Waals surface area contributed by atoms with Crippen molar-refractivity contribution in [2.45, 2.75) is 26.3 Å².